The first-order valence-electron chi connectivity index (χ1n) is 8.41. The van der Waals surface area contributed by atoms with Crippen LogP contribution in [0.25, 0.3) is 5.69 Å². The molecule has 0 fully saturated rings. The molecular weight excluding hydrogens is 304 g/mol. The van der Waals surface area contributed by atoms with Gasteiger partial charge < -0.3 is 10.6 Å². The van der Waals surface area contributed by atoms with Crippen LogP contribution >= 0.6 is 0 Å². The summed E-state index contributed by atoms with van der Waals surface area (Å²) in [7, 11) is 0. The SMILES string of the molecule is CCCNC(=O)CNC(=O)c1nn(-c2ccccc2)c2c1CCC2. The number of nitrogens with one attached hydrogen (secondary N) is 2. The molecule has 3 rings (SSSR count). The van der Waals surface area contributed by atoms with Crippen molar-refractivity contribution >= 4 is 11.8 Å². The molecule has 24 heavy (non-hydrogen) atoms. The topological polar surface area (TPSA) is 76.0 Å². The Labute approximate surface area is 141 Å². The van der Waals surface area contributed by atoms with Crippen LogP contribution in [-0.4, -0.2) is 34.7 Å². The molecule has 1 aliphatic rings. The lowest BCUT2D eigenvalue weighted by Crippen LogP contribution is -2.37. The van der Waals surface area contributed by atoms with Crippen molar-refractivity contribution in [2.75, 3.05) is 13.1 Å². The summed E-state index contributed by atoms with van der Waals surface area (Å²) in [6.45, 7) is 2.58. The molecule has 0 spiro atoms. The third-order valence-electron chi connectivity index (χ3n) is 4.13. The third-order valence-corrected chi connectivity index (χ3v) is 4.13. The highest BCUT2D eigenvalue weighted by Crippen LogP contribution is 2.27. The number of rotatable bonds is 6. The summed E-state index contributed by atoms with van der Waals surface area (Å²) in [5.41, 5.74) is 3.50. The number of benzene rings is 1. The van der Waals surface area contributed by atoms with E-state index in [-0.39, 0.29) is 18.4 Å². The summed E-state index contributed by atoms with van der Waals surface area (Å²) >= 11 is 0. The van der Waals surface area contributed by atoms with Crippen molar-refractivity contribution < 1.29 is 9.59 Å². The van der Waals surface area contributed by atoms with Crippen LogP contribution in [0.15, 0.2) is 30.3 Å². The second kappa shape index (κ2) is 7.29. The molecule has 6 heteroatoms. The van der Waals surface area contributed by atoms with Crippen LogP contribution < -0.4 is 10.6 Å². The van der Waals surface area contributed by atoms with Gasteiger partial charge in [0.2, 0.25) is 5.91 Å². The zero-order valence-corrected chi connectivity index (χ0v) is 13.8. The highest BCUT2D eigenvalue weighted by atomic mass is 16.2. The van der Waals surface area contributed by atoms with Crippen LogP contribution in [0.3, 0.4) is 0 Å². The minimum Gasteiger partial charge on any atom is -0.355 e. The number of carbonyl (C=O) groups excluding carboxylic acids is 2. The number of aromatic nitrogens is 2. The first-order chi connectivity index (χ1) is 11.7. The van der Waals surface area contributed by atoms with E-state index in [2.05, 4.69) is 15.7 Å². The molecule has 0 aliphatic heterocycles. The lowest BCUT2D eigenvalue weighted by molar-refractivity contribution is -0.120. The summed E-state index contributed by atoms with van der Waals surface area (Å²) in [5.74, 6) is -0.459. The summed E-state index contributed by atoms with van der Waals surface area (Å²) in [6, 6.07) is 9.82. The molecular formula is C18H22N4O2. The molecule has 2 aromatic rings. The lowest BCUT2D eigenvalue weighted by atomic mass is 10.2. The van der Waals surface area contributed by atoms with E-state index in [0.717, 1.165) is 42.6 Å². The molecule has 0 bridgehead atoms. The first-order valence-corrected chi connectivity index (χ1v) is 8.41. The largest absolute Gasteiger partial charge is 0.355 e. The molecule has 2 amide bonds. The van der Waals surface area contributed by atoms with Gasteiger partial charge in [0.05, 0.1) is 12.2 Å². The van der Waals surface area contributed by atoms with E-state index in [0.29, 0.717) is 12.2 Å². The Balaban J connectivity index is 1.77. The molecule has 1 aliphatic carbocycles. The second-order valence-corrected chi connectivity index (χ2v) is 5.91. The molecule has 0 radical (unpaired) electrons. The number of hydrogen-bond acceptors (Lipinski definition) is 3. The number of para-hydroxylation sites is 1. The van der Waals surface area contributed by atoms with Gasteiger partial charge in [-0.2, -0.15) is 5.10 Å². The molecule has 1 aromatic carbocycles. The molecule has 0 unspecified atom stereocenters. The lowest BCUT2D eigenvalue weighted by Gasteiger charge is -2.06. The minimum absolute atomic E-state index is 0.0220. The van der Waals surface area contributed by atoms with Crippen LogP contribution in [0.5, 0.6) is 0 Å². The van der Waals surface area contributed by atoms with Crippen molar-refractivity contribution in [2.24, 2.45) is 0 Å². The van der Waals surface area contributed by atoms with Gasteiger partial charge in [0.15, 0.2) is 5.69 Å². The average Bonchev–Trinajstić information content (AvgIpc) is 3.21. The van der Waals surface area contributed by atoms with E-state index in [4.69, 9.17) is 0 Å². The fourth-order valence-corrected chi connectivity index (χ4v) is 2.97. The summed E-state index contributed by atoms with van der Waals surface area (Å²) in [4.78, 5) is 24.1. The van der Waals surface area contributed by atoms with Crippen LogP contribution in [0, 0.1) is 0 Å². The Kier molecular flexibility index (Phi) is 4.93. The summed E-state index contributed by atoms with van der Waals surface area (Å²) in [6.07, 6.45) is 3.67. The number of nitrogens with zero attached hydrogens (tertiary/aromatic N) is 2. The zero-order valence-electron chi connectivity index (χ0n) is 13.8. The molecule has 0 saturated carbocycles. The van der Waals surface area contributed by atoms with Crippen LogP contribution in [-0.2, 0) is 17.6 Å². The molecule has 126 valence electrons. The van der Waals surface area contributed by atoms with Gasteiger partial charge in [0.1, 0.15) is 0 Å². The van der Waals surface area contributed by atoms with Gasteiger partial charge >= 0.3 is 0 Å². The van der Waals surface area contributed by atoms with Gasteiger partial charge in [-0.1, -0.05) is 25.1 Å². The van der Waals surface area contributed by atoms with Crippen molar-refractivity contribution in [1.82, 2.24) is 20.4 Å². The molecule has 6 nitrogen and oxygen atoms in total. The fraction of sp³-hybridized carbons (Fsp3) is 0.389. The number of hydrogen-bond donors (Lipinski definition) is 2. The van der Waals surface area contributed by atoms with Crippen molar-refractivity contribution in [3.05, 3.63) is 47.3 Å². The summed E-state index contributed by atoms with van der Waals surface area (Å²) in [5, 5.41) is 9.93. The fourth-order valence-electron chi connectivity index (χ4n) is 2.97. The Hall–Kier alpha value is -2.63. The molecule has 1 aromatic heterocycles. The van der Waals surface area contributed by atoms with Gasteiger partial charge in [-0.25, -0.2) is 4.68 Å². The maximum atomic E-state index is 12.5. The van der Waals surface area contributed by atoms with Crippen LogP contribution in [0.1, 0.15) is 41.5 Å². The minimum atomic E-state index is -0.283. The van der Waals surface area contributed by atoms with E-state index in [1.807, 2.05) is 41.9 Å². The normalized spacial score (nSPS) is 12.7. The van der Waals surface area contributed by atoms with E-state index in [9.17, 15) is 9.59 Å². The van der Waals surface area contributed by atoms with Crippen LogP contribution in [0.2, 0.25) is 0 Å². The van der Waals surface area contributed by atoms with Gasteiger partial charge in [-0.3, -0.25) is 9.59 Å². The van der Waals surface area contributed by atoms with Crippen molar-refractivity contribution in [3.63, 3.8) is 0 Å². The number of amides is 2. The highest BCUT2D eigenvalue weighted by Gasteiger charge is 2.26. The predicted octanol–water partition coefficient (Wildman–Crippen LogP) is 1.62. The Bertz CT molecular complexity index is 737. The Morgan fingerprint density at radius 2 is 1.96 bits per heavy atom. The van der Waals surface area contributed by atoms with Crippen molar-refractivity contribution in [3.8, 4) is 5.69 Å². The Morgan fingerprint density at radius 1 is 1.17 bits per heavy atom. The van der Waals surface area contributed by atoms with Crippen molar-refractivity contribution in [1.29, 1.82) is 0 Å². The van der Waals surface area contributed by atoms with Gasteiger partial charge in [-0.05, 0) is 37.8 Å². The highest BCUT2D eigenvalue weighted by molar-refractivity contribution is 5.96. The Morgan fingerprint density at radius 3 is 2.71 bits per heavy atom. The first kappa shape index (κ1) is 16.2. The standard InChI is InChI=1S/C18H22N4O2/c1-2-11-19-16(23)12-20-18(24)17-14-9-6-10-15(14)22(21-17)13-7-4-3-5-8-13/h3-5,7-8H,2,6,9-12H2,1H3,(H,19,23)(H,20,24). The predicted molar refractivity (Wildman–Crippen MR) is 91.2 cm³/mol. The zero-order chi connectivity index (χ0) is 16.9. The molecule has 1 heterocycles. The average molecular weight is 326 g/mol. The summed E-state index contributed by atoms with van der Waals surface area (Å²) < 4.78 is 1.86. The van der Waals surface area contributed by atoms with Crippen LogP contribution in [0.4, 0.5) is 0 Å². The van der Waals surface area contributed by atoms with E-state index in [1.165, 1.54) is 0 Å². The molecule has 0 atom stereocenters. The van der Waals surface area contributed by atoms with Gasteiger partial charge in [0, 0.05) is 17.8 Å². The van der Waals surface area contributed by atoms with E-state index >= 15 is 0 Å². The smallest absolute Gasteiger partial charge is 0.272 e. The van der Waals surface area contributed by atoms with E-state index in [1.54, 1.807) is 0 Å². The monoisotopic (exact) mass is 326 g/mol. The van der Waals surface area contributed by atoms with Crippen molar-refractivity contribution in [2.45, 2.75) is 32.6 Å². The molecule has 0 saturated heterocycles. The second-order valence-electron chi connectivity index (χ2n) is 5.91. The number of carbonyl (C=O) groups is 2. The van der Waals surface area contributed by atoms with E-state index < -0.39 is 0 Å². The maximum absolute atomic E-state index is 12.5. The number of fused-ring (bicyclic) bond motifs is 1. The molecule has 2 N–H and O–H groups in total. The van der Waals surface area contributed by atoms with Gasteiger partial charge in [0.25, 0.3) is 5.91 Å². The third kappa shape index (κ3) is 3.32. The van der Waals surface area contributed by atoms with Gasteiger partial charge in [-0.15, -0.1) is 0 Å². The maximum Gasteiger partial charge on any atom is 0.272 e. The quantitative estimate of drug-likeness (QED) is 0.847.